The highest BCUT2D eigenvalue weighted by Gasteiger charge is 2.38. The van der Waals surface area contributed by atoms with Crippen LogP contribution >= 0.6 is 0 Å². The van der Waals surface area contributed by atoms with Crippen molar-refractivity contribution in [1.29, 1.82) is 0 Å². The molecule has 3 amide bonds. The van der Waals surface area contributed by atoms with E-state index in [4.69, 9.17) is 25.7 Å². The molecule has 2 aromatic carbocycles. The number of rotatable bonds is 16. The van der Waals surface area contributed by atoms with Crippen molar-refractivity contribution in [3.05, 3.63) is 169 Å². The lowest BCUT2D eigenvalue weighted by atomic mass is 10.1. The third-order valence-corrected chi connectivity index (χ3v) is 14.0. The molecule has 6 atom stereocenters. The molecule has 3 aromatic heterocycles. The molecule has 3 fully saturated rings. The van der Waals surface area contributed by atoms with Gasteiger partial charge in [-0.2, -0.15) is 13.2 Å². The molecule has 3 aliphatic heterocycles. The lowest BCUT2D eigenvalue weighted by Crippen LogP contribution is -2.36. The van der Waals surface area contributed by atoms with E-state index in [1.54, 1.807) is 35.8 Å². The van der Waals surface area contributed by atoms with Crippen LogP contribution in [-0.4, -0.2) is 90.5 Å². The number of aromatic nitrogens is 6. The standard InChI is InChI=1S/C24H25F3N4O5.C22H26N4O4.C14H19N3O3/c1-2-18-10-11-19(36-18)31-14-17(21(33)30-23(31)35)5-3-4-12-28-20(32)16-8-6-15(7-9-16)13-29-22(34)24(25,26)27;1-2-18-10-11-19(30-18)26-14-17(21(28)25-22(26)29)5-3-4-12-24-20(27)16-8-6-15(13-23)7-9-16;1-2-11-6-7-12(20-11)17-9-10(5-3-4-8-15)13(18)16-14(17)19/h6-9,14,18-19H,2,5,10-13H2,1H3,(H,28,32)(H,29,34)(H,30,33,35);6-9,14,18-19H,2,5,10-13,23H2,1H3,(H,24,27)(H,25,28,29);9,11-12H,2,5-8,15H2,1H3,(H,16,18,19)/t2*18-,19-;11-,12-/m111/s1. The maximum Gasteiger partial charge on any atom is 0.471 e. The first-order valence-corrected chi connectivity index (χ1v) is 28.1. The molecule has 458 valence electrons. The molecule has 0 bridgehead atoms. The number of aromatic amines is 3. The van der Waals surface area contributed by atoms with Crippen molar-refractivity contribution in [2.75, 3.05) is 19.6 Å². The van der Waals surface area contributed by atoms with Gasteiger partial charge in [-0.25, -0.2) is 14.4 Å². The molecule has 26 heteroatoms. The average Bonchev–Trinajstić information content (AvgIpc) is 2.66. The molecule has 86 heavy (non-hydrogen) atoms. The second-order valence-corrected chi connectivity index (χ2v) is 20.0. The molecule has 10 N–H and O–H groups in total. The number of H-pyrrole nitrogens is 3. The number of hydrogen-bond acceptors (Lipinski definition) is 14. The van der Waals surface area contributed by atoms with Gasteiger partial charge in [0.15, 0.2) is 0 Å². The summed E-state index contributed by atoms with van der Waals surface area (Å²) in [5.74, 6) is 14.0. The molecule has 3 aliphatic rings. The Hall–Kier alpha value is -8.84. The molecular formula is C60H70F3N11O12. The molecule has 5 aromatic rings. The molecule has 0 saturated carbocycles. The number of alkyl halides is 3. The van der Waals surface area contributed by atoms with Crippen LogP contribution in [0.3, 0.4) is 0 Å². The normalized spacial score (nSPS) is 18.5. The van der Waals surface area contributed by atoms with Crippen molar-refractivity contribution >= 4 is 17.7 Å². The highest BCUT2D eigenvalue weighted by atomic mass is 19.4. The SMILES string of the molecule is CC[C@@H]1CC[C@H](n2cc(CC#CCN)c(=O)[nH]c2=O)O1.CC[C@@H]1CC[C@H](n2cc(CC#CCNC(=O)c3ccc(CN)cc3)c(=O)[nH]c2=O)O1.CC[C@@H]1CC[C@H](n2cc(CC#CCNC(=O)c3ccc(CNC(=O)C(F)(F)F)cc3)c(=O)[nH]c2=O)O1. The number of carbonyl (C=O) groups is 3. The fourth-order valence-electron chi connectivity index (χ4n) is 9.15. The van der Waals surface area contributed by atoms with Crippen molar-refractivity contribution < 1.29 is 41.8 Å². The number of nitrogens with zero attached hydrogens (tertiary/aromatic N) is 3. The minimum absolute atomic E-state index is 0.0102. The van der Waals surface area contributed by atoms with E-state index in [1.165, 1.54) is 50.4 Å². The zero-order valence-electron chi connectivity index (χ0n) is 47.9. The first-order valence-electron chi connectivity index (χ1n) is 28.1. The van der Waals surface area contributed by atoms with E-state index in [0.29, 0.717) is 40.8 Å². The van der Waals surface area contributed by atoms with Crippen LogP contribution < -0.4 is 61.2 Å². The van der Waals surface area contributed by atoms with E-state index in [0.717, 1.165) is 56.9 Å². The molecule has 0 aliphatic carbocycles. The summed E-state index contributed by atoms with van der Waals surface area (Å²) in [6, 6.07) is 12.7. The van der Waals surface area contributed by atoms with Gasteiger partial charge >= 0.3 is 29.2 Å². The Kier molecular flexibility index (Phi) is 25.0. The van der Waals surface area contributed by atoms with Gasteiger partial charge in [0.25, 0.3) is 28.5 Å². The number of amides is 3. The topological polar surface area (TPSA) is 332 Å². The van der Waals surface area contributed by atoms with E-state index in [-0.39, 0.29) is 87.7 Å². The Morgan fingerprint density at radius 1 is 0.523 bits per heavy atom. The maximum absolute atomic E-state index is 12.2. The highest BCUT2D eigenvalue weighted by molar-refractivity contribution is 5.94. The quantitative estimate of drug-likeness (QED) is 0.0659. The van der Waals surface area contributed by atoms with Gasteiger partial charge in [-0.3, -0.25) is 57.4 Å². The Labute approximate surface area is 491 Å². The third kappa shape index (κ3) is 19.3. The average molecular weight is 1190 g/mol. The van der Waals surface area contributed by atoms with Gasteiger partial charge in [0.1, 0.15) is 18.7 Å². The monoisotopic (exact) mass is 1190 g/mol. The fourth-order valence-corrected chi connectivity index (χ4v) is 9.15. The van der Waals surface area contributed by atoms with Gasteiger partial charge in [0.05, 0.1) is 37.9 Å². The maximum atomic E-state index is 12.2. The Bertz CT molecular complexity index is 3720. The van der Waals surface area contributed by atoms with E-state index < -0.39 is 58.0 Å². The second kappa shape index (κ2) is 32.4. The van der Waals surface area contributed by atoms with Crippen LogP contribution in [0.15, 0.2) is 95.9 Å². The lowest BCUT2D eigenvalue weighted by Gasteiger charge is -2.15. The van der Waals surface area contributed by atoms with Crippen molar-refractivity contribution in [2.45, 2.75) is 154 Å². The van der Waals surface area contributed by atoms with Crippen molar-refractivity contribution in [3.63, 3.8) is 0 Å². The van der Waals surface area contributed by atoms with E-state index in [1.807, 2.05) is 13.8 Å². The summed E-state index contributed by atoms with van der Waals surface area (Å²) in [5, 5.41) is 7.03. The number of carbonyl (C=O) groups excluding carboxylic acids is 3. The predicted octanol–water partition coefficient (Wildman–Crippen LogP) is 2.97. The zero-order valence-corrected chi connectivity index (χ0v) is 47.9. The molecule has 3 saturated heterocycles. The first-order chi connectivity index (χ1) is 41.2. The Balaban J connectivity index is 0.000000214. The third-order valence-electron chi connectivity index (χ3n) is 14.0. The fraction of sp³-hybridized carbons (Fsp3) is 0.450. The second-order valence-electron chi connectivity index (χ2n) is 20.0. The van der Waals surface area contributed by atoms with Crippen LogP contribution in [0.1, 0.15) is 146 Å². The number of benzene rings is 2. The smallest absolute Gasteiger partial charge is 0.355 e. The first kappa shape index (κ1) is 66.3. The molecular weight excluding hydrogens is 1120 g/mol. The van der Waals surface area contributed by atoms with Gasteiger partial charge in [-0.05, 0) is 93.2 Å². The highest BCUT2D eigenvalue weighted by Crippen LogP contribution is 2.30. The predicted molar refractivity (Wildman–Crippen MR) is 311 cm³/mol. The lowest BCUT2D eigenvalue weighted by molar-refractivity contribution is -0.173. The van der Waals surface area contributed by atoms with Crippen LogP contribution in [0.5, 0.6) is 0 Å². The van der Waals surface area contributed by atoms with Crippen LogP contribution in [0.25, 0.3) is 0 Å². The van der Waals surface area contributed by atoms with Gasteiger partial charge in [0, 0.05) is 78.8 Å². The summed E-state index contributed by atoms with van der Waals surface area (Å²) in [5.41, 5.74) is 11.2. The van der Waals surface area contributed by atoms with E-state index >= 15 is 0 Å². The molecule has 8 rings (SSSR count). The number of halogens is 3. The number of nitrogens with two attached hydrogens (primary N) is 2. The van der Waals surface area contributed by atoms with Crippen LogP contribution in [0, 0.1) is 35.5 Å². The Morgan fingerprint density at radius 3 is 1.19 bits per heavy atom. The van der Waals surface area contributed by atoms with Gasteiger partial charge in [0.2, 0.25) is 0 Å². The zero-order chi connectivity index (χ0) is 62.3. The Morgan fingerprint density at radius 2 is 0.872 bits per heavy atom. The van der Waals surface area contributed by atoms with Gasteiger partial charge in [-0.15, -0.1) is 0 Å². The van der Waals surface area contributed by atoms with E-state index in [9.17, 15) is 56.3 Å². The van der Waals surface area contributed by atoms with Crippen molar-refractivity contribution in [1.82, 2.24) is 44.6 Å². The summed E-state index contributed by atoms with van der Waals surface area (Å²) in [6.07, 6.45) is 6.82. The minimum atomic E-state index is -4.96. The molecule has 0 spiro atoms. The summed E-state index contributed by atoms with van der Waals surface area (Å²) in [4.78, 5) is 114. The summed E-state index contributed by atoms with van der Waals surface area (Å²) >= 11 is 0. The van der Waals surface area contributed by atoms with E-state index in [2.05, 4.69) is 68.0 Å². The van der Waals surface area contributed by atoms with Gasteiger partial charge in [-0.1, -0.05) is 80.6 Å². The molecule has 23 nitrogen and oxygen atoms in total. The minimum Gasteiger partial charge on any atom is -0.355 e. The molecule has 6 heterocycles. The van der Waals surface area contributed by atoms with Crippen LogP contribution in [0.4, 0.5) is 13.2 Å². The van der Waals surface area contributed by atoms with Gasteiger partial charge < -0.3 is 41.6 Å². The largest absolute Gasteiger partial charge is 0.471 e. The molecule has 0 unspecified atom stereocenters. The number of nitrogens with one attached hydrogen (secondary N) is 6. The van der Waals surface area contributed by atoms with Crippen molar-refractivity contribution in [2.24, 2.45) is 11.5 Å². The number of ether oxygens (including phenoxy) is 3. The number of hydrogen-bond donors (Lipinski definition) is 8. The summed E-state index contributed by atoms with van der Waals surface area (Å²) < 4.78 is 58.4. The van der Waals surface area contributed by atoms with Crippen molar-refractivity contribution in [3.8, 4) is 35.5 Å². The molecule has 0 radical (unpaired) electrons. The van der Waals surface area contributed by atoms with Crippen LogP contribution in [-0.2, 0) is 51.4 Å². The van der Waals surface area contributed by atoms with Crippen LogP contribution in [0.2, 0.25) is 0 Å². The summed E-state index contributed by atoms with van der Waals surface area (Å²) in [6.45, 7) is 6.58. The summed E-state index contributed by atoms with van der Waals surface area (Å²) in [7, 11) is 0.